The minimum Gasteiger partial charge on any atom is -0.495 e. The maximum atomic E-state index is 13.5. The number of hydrogen-bond acceptors (Lipinski definition) is 3. The van der Waals surface area contributed by atoms with Gasteiger partial charge in [-0.25, -0.2) is 4.39 Å². The quantitative estimate of drug-likeness (QED) is 0.704. The molecule has 30 heavy (non-hydrogen) atoms. The van der Waals surface area contributed by atoms with E-state index in [1.807, 2.05) is 29.3 Å². The first kappa shape index (κ1) is 21.2. The monoisotopic (exact) mass is 415 g/mol. The normalized spacial score (nSPS) is 21.3. The van der Waals surface area contributed by atoms with Crippen LogP contribution in [0.2, 0.25) is 0 Å². The van der Waals surface area contributed by atoms with Gasteiger partial charge in [-0.1, -0.05) is 31.4 Å². The lowest BCUT2D eigenvalue weighted by molar-refractivity contribution is 0.0502. The Kier molecular flexibility index (Phi) is 6.61. The fourth-order valence-corrected chi connectivity index (χ4v) is 5.24. The first-order valence-corrected chi connectivity index (χ1v) is 11.4. The molecule has 4 rings (SSSR count). The molecule has 1 aromatic heterocycles. The van der Waals surface area contributed by atoms with E-state index in [0.29, 0.717) is 25.6 Å². The molecule has 1 saturated carbocycles. The summed E-state index contributed by atoms with van der Waals surface area (Å²) >= 11 is 0. The highest BCUT2D eigenvalue weighted by Gasteiger charge is 2.29. The van der Waals surface area contributed by atoms with Crippen molar-refractivity contribution in [2.24, 2.45) is 5.92 Å². The van der Waals surface area contributed by atoms with Gasteiger partial charge in [0.1, 0.15) is 12.4 Å². The van der Waals surface area contributed by atoms with Crippen LogP contribution in [0.5, 0.6) is 5.75 Å². The number of piperazine rings is 1. The zero-order valence-corrected chi connectivity index (χ0v) is 18.3. The summed E-state index contributed by atoms with van der Waals surface area (Å²) in [6.07, 6.45) is 8.49. The Labute approximate surface area is 178 Å². The number of ether oxygens (including phenoxy) is 1. The Morgan fingerprint density at radius 1 is 1.20 bits per heavy atom. The number of rotatable bonds is 6. The molecule has 2 fully saturated rings. The second kappa shape index (κ2) is 9.38. The van der Waals surface area contributed by atoms with Crippen LogP contribution in [0.3, 0.4) is 0 Å². The van der Waals surface area contributed by atoms with Gasteiger partial charge in [-0.15, -0.1) is 0 Å². The summed E-state index contributed by atoms with van der Waals surface area (Å²) in [6.45, 7) is 5.12. The number of fused-ring (bicyclic) bond motifs is 1. The van der Waals surface area contributed by atoms with Crippen molar-refractivity contribution in [3.63, 3.8) is 0 Å². The second-order valence-electron chi connectivity index (χ2n) is 8.88. The maximum Gasteiger partial charge on any atom is 0.256 e. The van der Waals surface area contributed by atoms with E-state index in [0.717, 1.165) is 35.3 Å². The molecule has 1 aliphatic heterocycles. The van der Waals surface area contributed by atoms with E-state index >= 15 is 0 Å². The zero-order valence-electron chi connectivity index (χ0n) is 18.3. The van der Waals surface area contributed by atoms with E-state index in [-0.39, 0.29) is 18.6 Å². The number of hydrogen-bond donors (Lipinski definition) is 0. The molecular weight excluding hydrogens is 381 g/mol. The molecule has 0 N–H and O–H groups in total. The first-order valence-electron chi connectivity index (χ1n) is 11.4. The summed E-state index contributed by atoms with van der Waals surface area (Å²) in [4.78, 5) is 17.6. The Morgan fingerprint density at radius 3 is 2.70 bits per heavy atom. The van der Waals surface area contributed by atoms with Gasteiger partial charge in [0, 0.05) is 50.3 Å². The molecule has 6 heteroatoms. The molecular formula is C24H34FN3O2. The number of alkyl halides is 1. The third-order valence-corrected chi connectivity index (χ3v) is 6.92. The molecule has 2 aliphatic rings. The van der Waals surface area contributed by atoms with Gasteiger partial charge in [-0.05, 0) is 31.7 Å². The van der Waals surface area contributed by atoms with Crippen molar-refractivity contribution < 1.29 is 13.9 Å². The highest BCUT2D eigenvalue weighted by Crippen LogP contribution is 2.33. The van der Waals surface area contributed by atoms with Crippen molar-refractivity contribution in [3.8, 4) is 5.75 Å². The van der Waals surface area contributed by atoms with Crippen molar-refractivity contribution in [1.82, 2.24) is 14.4 Å². The number of carbonyl (C=O) groups excluding carboxylic acids is 1. The Bertz CT molecular complexity index is 875. The average molecular weight is 416 g/mol. The molecule has 1 saturated heterocycles. The molecule has 164 valence electrons. The fraction of sp³-hybridized carbons (Fsp3) is 0.625. The number of aromatic nitrogens is 1. The van der Waals surface area contributed by atoms with Crippen LogP contribution in [0.1, 0.15) is 49.4 Å². The minimum atomic E-state index is -0.341. The van der Waals surface area contributed by atoms with Gasteiger partial charge in [0.25, 0.3) is 5.91 Å². The summed E-state index contributed by atoms with van der Waals surface area (Å²) in [6, 6.07) is 6.14. The summed E-state index contributed by atoms with van der Waals surface area (Å²) in [5.41, 5.74) is 1.78. The molecule has 1 aromatic carbocycles. The number of carbonyl (C=O) groups is 1. The summed E-state index contributed by atoms with van der Waals surface area (Å²) in [5.74, 6) is 1.55. The lowest BCUT2D eigenvalue weighted by Crippen LogP contribution is -2.54. The molecule has 0 spiro atoms. The van der Waals surface area contributed by atoms with E-state index < -0.39 is 0 Å². The lowest BCUT2D eigenvalue weighted by atomic mass is 9.89. The minimum absolute atomic E-state index is 0.0717. The Morgan fingerprint density at radius 2 is 2.00 bits per heavy atom. The van der Waals surface area contributed by atoms with Gasteiger partial charge in [0.05, 0.1) is 18.2 Å². The third-order valence-electron chi connectivity index (χ3n) is 6.92. The number of amides is 1. The van der Waals surface area contributed by atoms with E-state index in [9.17, 15) is 9.18 Å². The molecule has 1 atom stereocenters. The molecule has 5 nitrogen and oxygen atoms in total. The van der Waals surface area contributed by atoms with Crippen molar-refractivity contribution in [2.75, 3.05) is 40.0 Å². The predicted octanol–water partition coefficient (Wildman–Crippen LogP) is 4.35. The first-order chi connectivity index (χ1) is 14.6. The summed E-state index contributed by atoms with van der Waals surface area (Å²) < 4.78 is 20.7. The van der Waals surface area contributed by atoms with Crippen molar-refractivity contribution in [3.05, 3.63) is 30.0 Å². The molecule has 1 unspecified atom stereocenters. The number of nitrogens with zero attached hydrogens (tertiary/aromatic N) is 3. The molecule has 0 radical (unpaired) electrons. The van der Waals surface area contributed by atoms with Crippen molar-refractivity contribution in [1.29, 1.82) is 0 Å². The van der Waals surface area contributed by atoms with Crippen LogP contribution in [0.25, 0.3) is 10.9 Å². The number of para-hydroxylation sites is 1. The van der Waals surface area contributed by atoms with Crippen LogP contribution in [-0.4, -0.2) is 66.3 Å². The van der Waals surface area contributed by atoms with Gasteiger partial charge in [0.2, 0.25) is 0 Å². The smallest absolute Gasteiger partial charge is 0.256 e. The lowest BCUT2D eigenvalue weighted by Gasteiger charge is -2.39. The standard InChI is InChI=1S/C24H34FN3O2/c1-18-15-27(14-13-26(18)12-11-25)24(29)21-17-28(16-19-7-4-3-5-8-19)23-20(21)9-6-10-22(23)30-2/h6,9-10,17-19H,3-5,7-8,11-16H2,1-2H3. The van der Waals surface area contributed by atoms with Crippen LogP contribution in [-0.2, 0) is 6.54 Å². The van der Waals surface area contributed by atoms with Gasteiger partial charge in [-0.2, -0.15) is 0 Å². The van der Waals surface area contributed by atoms with Gasteiger partial charge in [0.15, 0.2) is 0 Å². The molecule has 1 amide bonds. The topological polar surface area (TPSA) is 37.7 Å². The molecule has 2 heterocycles. The van der Waals surface area contributed by atoms with Gasteiger partial charge >= 0.3 is 0 Å². The Balaban J connectivity index is 1.63. The van der Waals surface area contributed by atoms with E-state index in [1.165, 1.54) is 32.1 Å². The summed E-state index contributed by atoms with van der Waals surface area (Å²) in [7, 11) is 1.69. The Hall–Kier alpha value is -2.08. The maximum absolute atomic E-state index is 13.5. The van der Waals surface area contributed by atoms with E-state index in [2.05, 4.69) is 16.4 Å². The highest BCUT2D eigenvalue weighted by molar-refractivity contribution is 6.08. The predicted molar refractivity (Wildman–Crippen MR) is 118 cm³/mol. The number of benzene rings is 1. The molecule has 1 aliphatic carbocycles. The summed E-state index contributed by atoms with van der Waals surface area (Å²) in [5, 5.41) is 0.967. The third kappa shape index (κ3) is 4.20. The molecule has 2 aromatic rings. The SMILES string of the molecule is COc1cccc2c(C(=O)N3CCN(CCF)C(C)C3)cn(CC3CCCCC3)c12. The second-order valence-corrected chi connectivity index (χ2v) is 8.88. The molecule has 0 bridgehead atoms. The number of halogens is 1. The average Bonchev–Trinajstić information content (AvgIpc) is 3.14. The fourth-order valence-electron chi connectivity index (χ4n) is 5.24. The number of methoxy groups -OCH3 is 1. The van der Waals surface area contributed by atoms with Crippen LogP contribution >= 0.6 is 0 Å². The van der Waals surface area contributed by atoms with E-state index in [4.69, 9.17) is 4.74 Å². The van der Waals surface area contributed by atoms with Gasteiger partial charge < -0.3 is 14.2 Å². The zero-order chi connectivity index (χ0) is 21.1. The highest BCUT2D eigenvalue weighted by atomic mass is 19.1. The van der Waals surface area contributed by atoms with Crippen molar-refractivity contribution in [2.45, 2.75) is 51.6 Å². The van der Waals surface area contributed by atoms with Gasteiger partial charge in [-0.3, -0.25) is 9.69 Å². The van der Waals surface area contributed by atoms with Crippen LogP contribution in [0, 0.1) is 5.92 Å². The van der Waals surface area contributed by atoms with Crippen molar-refractivity contribution >= 4 is 16.8 Å². The van der Waals surface area contributed by atoms with Crippen LogP contribution in [0.4, 0.5) is 4.39 Å². The van der Waals surface area contributed by atoms with Crippen LogP contribution in [0.15, 0.2) is 24.4 Å². The van der Waals surface area contributed by atoms with Crippen LogP contribution < -0.4 is 4.74 Å². The van der Waals surface area contributed by atoms with E-state index in [1.54, 1.807) is 7.11 Å². The largest absolute Gasteiger partial charge is 0.495 e.